The monoisotopic (exact) mass is 602 g/mol. The van der Waals surface area contributed by atoms with E-state index in [4.69, 9.17) is 4.42 Å². The lowest BCUT2D eigenvalue weighted by Gasteiger charge is -2.24. The Kier molecular flexibility index (Phi) is 6.85. The Morgan fingerprint density at radius 2 is 1.63 bits per heavy atom. The van der Waals surface area contributed by atoms with Crippen LogP contribution in [-0.4, -0.2) is 61.2 Å². The molecule has 0 amide bonds. The van der Waals surface area contributed by atoms with Gasteiger partial charge >= 0.3 is 11.9 Å². The minimum Gasteiger partial charge on any atom is -0.478 e. The molecule has 0 bridgehead atoms. The first-order valence-corrected chi connectivity index (χ1v) is 15.0. The standard InChI is InChI=1S/C26H22N2O11S2/c1-2-27-18-8-7-15-19(14-6-5-13(25(29)30)11-16(14)26(31)32)17-10-12-4-3-9-28-20(12)24(41(36,37)38)22(17)39-21(15)23(18)40(33,34)35/h5-8,10-11,28H,2-4,9H2,1H3,(H,29,30)(H,31,32)(H,33,34,35)(H,36,37,38). The Bertz CT molecular complexity index is 2050. The first-order valence-electron chi connectivity index (χ1n) is 12.1. The van der Waals surface area contributed by atoms with E-state index in [1.54, 1.807) is 6.92 Å². The molecule has 15 heteroatoms. The van der Waals surface area contributed by atoms with Crippen molar-refractivity contribution < 1.29 is 50.2 Å². The lowest BCUT2D eigenvalue weighted by Crippen LogP contribution is -2.19. The van der Waals surface area contributed by atoms with Gasteiger partial charge in [0.2, 0.25) is 0 Å². The van der Waals surface area contributed by atoms with Crippen LogP contribution in [0.2, 0.25) is 0 Å². The van der Waals surface area contributed by atoms with E-state index in [1.165, 1.54) is 24.3 Å². The largest absolute Gasteiger partial charge is 0.478 e. The number of hydrogen-bond donors (Lipinski definition) is 5. The second kappa shape index (κ2) is 9.95. The van der Waals surface area contributed by atoms with Crippen LogP contribution in [0, 0.1) is 0 Å². The summed E-state index contributed by atoms with van der Waals surface area (Å²) >= 11 is 0. The SMILES string of the molecule is CCN=c1ccc2c(-c3ccc(C(=O)O)cc3C(=O)O)c3cc4c(c(S(=O)(=O)O)c3oc-2c1S(=O)(=O)O)NCCC4. The molecule has 0 saturated carbocycles. The summed E-state index contributed by atoms with van der Waals surface area (Å²) < 4.78 is 77.2. The van der Waals surface area contributed by atoms with Crippen molar-refractivity contribution in [2.75, 3.05) is 18.4 Å². The van der Waals surface area contributed by atoms with Crippen LogP contribution in [0.25, 0.3) is 33.4 Å². The van der Waals surface area contributed by atoms with Gasteiger partial charge in [0.15, 0.2) is 21.1 Å². The summed E-state index contributed by atoms with van der Waals surface area (Å²) in [6.07, 6.45) is 0.985. The maximum atomic E-state index is 12.8. The first-order chi connectivity index (χ1) is 19.2. The maximum Gasteiger partial charge on any atom is 0.336 e. The zero-order valence-electron chi connectivity index (χ0n) is 21.2. The number of fused-ring (bicyclic) bond motifs is 3. The molecule has 2 aromatic rings. The van der Waals surface area contributed by atoms with Crippen LogP contribution in [0.3, 0.4) is 0 Å². The van der Waals surface area contributed by atoms with Crippen molar-refractivity contribution in [1.29, 1.82) is 0 Å². The summed E-state index contributed by atoms with van der Waals surface area (Å²) in [6, 6.07) is 7.44. The molecular weight excluding hydrogens is 580 g/mol. The molecule has 3 aliphatic rings. The smallest absolute Gasteiger partial charge is 0.336 e. The van der Waals surface area contributed by atoms with Gasteiger partial charge in [-0.1, -0.05) is 6.07 Å². The second-order valence-electron chi connectivity index (χ2n) is 9.21. The molecule has 5 N–H and O–H groups in total. The van der Waals surface area contributed by atoms with Gasteiger partial charge in [0, 0.05) is 29.6 Å². The molecule has 2 aliphatic heterocycles. The molecule has 13 nitrogen and oxygen atoms in total. The molecular formula is C26H22N2O11S2. The number of hydrogen-bond acceptors (Lipinski definition) is 9. The number of rotatable bonds is 6. The third kappa shape index (κ3) is 4.82. The van der Waals surface area contributed by atoms with Crippen LogP contribution in [-0.2, 0) is 26.7 Å². The molecule has 1 aliphatic carbocycles. The Morgan fingerprint density at radius 3 is 2.24 bits per heavy atom. The number of carbonyl (C=O) groups is 2. The maximum absolute atomic E-state index is 12.8. The summed E-state index contributed by atoms with van der Waals surface area (Å²) in [5.41, 5.74) is -1.03. The third-order valence-corrected chi connectivity index (χ3v) is 8.50. The van der Waals surface area contributed by atoms with Crippen LogP contribution in [0.4, 0.5) is 5.69 Å². The number of nitrogens with zero attached hydrogens (tertiary/aromatic N) is 1. The molecule has 41 heavy (non-hydrogen) atoms. The quantitative estimate of drug-likeness (QED) is 0.158. The predicted molar refractivity (Wildman–Crippen MR) is 145 cm³/mol. The minimum atomic E-state index is -5.07. The van der Waals surface area contributed by atoms with Crippen LogP contribution in [0.1, 0.15) is 39.6 Å². The molecule has 0 unspecified atom stereocenters. The second-order valence-corrected chi connectivity index (χ2v) is 11.9. The average Bonchev–Trinajstić information content (AvgIpc) is 2.88. The number of anilines is 1. The van der Waals surface area contributed by atoms with Crippen molar-refractivity contribution in [2.24, 2.45) is 4.99 Å². The first kappa shape index (κ1) is 28.2. The van der Waals surface area contributed by atoms with Crippen molar-refractivity contribution in [3.8, 4) is 22.5 Å². The van der Waals surface area contributed by atoms with Gasteiger partial charge < -0.3 is 19.9 Å². The highest BCUT2D eigenvalue weighted by molar-refractivity contribution is 7.86. The molecule has 214 valence electrons. The summed E-state index contributed by atoms with van der Waals surface area (Å²) in [7, 11) is -10.1. The fourth-order valence-corrected chi connectivity index (χ4v) is 6.74. The molecule has 5 rings (SSSR count). The minimum absolute atomic E-state index is 0.000354. The lowest BCUT2D eigenvalue weighted by molar-refractivity contribution is 0.0696. The van der Waals surface area contributed by atoms with Crippen molar-refractivity contribution >= 4 is 48.8 Å². The number of aromatic carboxylic acids is 2. The number of carboxylic acid groups (broad SMARTS) is 2. The molecule has 2 heterocycles. The van der Waals surface area contributed by atoms with E-state index >= 15 is 0 Å². The Labute approximate surface area is 232 Å². The molecule has 0 atom stereocenters. The number of carboxylic acids is 2. The topological polar surface area (TPSA) is 221 Å². The van der Waals surface area contributed by atoms with Crippen molar-refractivity contribution in [2.45, 2.75) is 29.6 Å². The Balaban J connectivity index is 2.13. The Morgan fingerprint density at radius 1 is 0.951 bits per heavy atom. The van der Waals surface area contributed by atoms with Gasteiger partial charge in [0.1, 0.15) is 0 Å². The molecule has 0 radical (unpaired) electrons. The van der Waals surface area contributed by atoms with E-state index < -0.39 is 58.9 Å². The lowest BCUT2D eigenvalue weighted by atomic mass is 9.88. The fraction of sp³-hybridized carbons (Fsp3) is 0.192. The van der Waals surface area contributed by atoms with Crippen molar-refractivity contribution in [3.05, 3.63) is 58.4 Å². The van der Waals surface area contributed by atoms with E-state index in [2.05, 4.69) is 10.3 Å². The van der Waals surface area contributed by atoms with Gasteiger partial charge in [-0.2, -0.15) is 16.8 Å². The van der Waals surface area contributed by atoms with Crippen LogP contribution in [0.15, 0.2) is 55.6 Å². The zero-order chi connectivity index (χ0) is 29.9. The molecule has 0 fully saturated rings. The zero-order valence-corrected chi connectivity index (χ0v) is 22.8. The summed E-state index contributed by atoms with van der Waals surface area (Å²) in [6.45, 7) is 2.07. The highest BCUT2D eigenvalue weighted by atomic mass is 32.2. The van der Waals surface area contributed by atoms with Crippen LogP contribution in [0.5, 0.6) is 0 Å². The molecule has 0 spiro atoms. The van der Waals surface area contributed by atoms with E-state index in [-0.39, 0.29) is 45.2 Å². The van der Waals surface area contributed by atoms with E-state index in [9.17, 15) is 45.7 Å². The summed E-state index contributed by atoms with van der Waals surface area (Å²) in [5.74, 6) is -3.47. The molecule has 0 aromatic heterocycles. The van der Waals surface area contributed by atoms with Crippen molar-refractivity contribution in [3.63, 3.8) is 0 Å². The number of aryl methyl sites for hydroxylation is 1. The highest BCUT2D eigenvalue weighted by Crippen LogP contribution is 2.47. The van der Waals surface area contributed by atoms with E-state index in [0.717, 1.165) is 12.1 Å². The molecule has 2 aromatic carbocycles. The van der Waals surface area contributed by atoms with Gasteiger partial charge in [0.05, 0.1) is 22.2 Å². The summed E-state index contributed by atoms with van der Waals surface area (Å²) in [5, 5.41) is 22.2. The van der Waals surface area contributed by atoms with Crippen LogP contribution < -0.4 is 10.7 Å². The van der Waals surface area contributed by atoms with Gasteiger partial charge in [-0.05, 0) is 61.2 Å². The normalized spacial score (nSPS) is 14.2. The average molecular weight is 603 g/mol. The van der Waals surface area contributed by atoms with Crippen LogP contribution >= 0.6 is 0 Å². The summed E-state index contributed by atoms with van der Waals surface area (Å²) in [4.78, 5) is 26.5. The van der Waals surface area contributed by atoms with Gasteiger partial charge in [0.25, 0.3) is 20.2 Å². The van der Waals surface area contributed by atoms with E-state index in [1.807, 2.05) is 0 Å². The fourth-order valence-electron chi connectivity index (χ4n) is 5.11. The van der Waals surface area contributed by atoms with Gasteiger partial charge in [-0.25, -0.2) is 9.59 Å². The van der Waals surface area contributed by atoms with Crippen molar-refractivity contribution in [1.82, 2.24) is 0 Å². The number of nitrogens with one attached hydrogen (secondary N) is 1. The predicted octanol–water partition coefficient (Wildman–Crippen LogP) is 3.37. The number of benzene rings is 3. The van der Waals surface area contributed by atoms with Gasteiger partial charge in [-0.15, -0.1) is 0 Å². The van der Waals surface area contributed by atoms with Gasteiger partial charge in [-0.3, -0.25) is 14.1 Å². The van der Waals surface area contributed by atoms with E-state index in [0.29, 0.717) is 24.9 Å². The highest BCUT2D eigenvalue weighted by Gasteiger charge is 2.34. The third-order valence-electron chi connectivity index (χ3n) is 6.69. The molecule has 0 saturated heterocycles. The Hall–Kier alpha value is -4.31.